The monoisotopic (exact) mass is 312 g/mol. The molecule has 0 unspecified atom stereocenters. The zero-order valence-electron chi connectivity index (χ0n) is 12.6. The molecule has 5 nitrogen and oxygen atoms in total. The van der Waals surface area contributed by atoms with E-state index >= 15 is 0 Å². The second kappa shape index (κ2) is 6.04. The lowest BCUT2D eigenvalue weighted by atomic mass is 10.1. The topological polar surface area (TPSA) is 79.9 Å². The van der Waals surface area contributed by atoms with Crippen LogP contribution < -0.4 is 10.2 Å². The molecule has 0 spiro atoms. The van der Waals surface area contributed by atoms with Crippen molar-refractivity contribution >= 4 is 11.0 Å². The highest BCUT2D eigenvalue weighted by Crippen LogP contribution is 2.30. The summed E-state index contributed by atoms with van der Waals surface area (Å²) >= 11 is 0. The van der Waals surface area contributed by atoms with Crippen LogP contribution in [0.25, 0.3) is 11.0 Å². The van der Waals surface area contributed by atoms with Crippen molar-refractivity contribution in [2.45, 2.75) is 12.8 Å². The first-order valence-corrected chi connectivity index (χ1v) is 7.18. The molecule has 5 heteroatoms. The Morgan fingerprint density at radius 3 is 2.48 bits per heavy atom. The van der Waals surface area contributed by atoms with Gasteiger partial charge in [-0.2, -0.15) is 0 Å². The van der Waals surface area contributed by atoms with Gasteiger partial charge in [0.1, 0.15) is 17.1 Å². The first-order valence-electron chi connectivity index (χ1n) is 7.18. The van der Waals surface area contributed by atoms with Crippen molar-refractivity contribution in [3.63, 3.8) is 0 Å². The standard InChI is InChI=1S/C18H16O5/c1-22-18-10-17-14(9-16(18)21)15(20)8-13(23-17)7-4-11-2-5-12(19)6-3-11/h2-3,5-6,8-10,19,21H,4,7H2,1H3. The van der Waals surface area contributed by atoms with Crippen LogP contribution >= 0.6 is 0 Å². The van der Waals surface area contributed by atoms with Gasteiger partial charge in [-0.05, 0) is 30.2 Å². The maximum Gasteiger partial charge on any atom is 0.193 e. The number of phenols is 2. The number of methoxy groups -OCH3 is 1. The zero-order valence-corrected chi connectivity index (χ0v) is 12.6. The minimum absolute atomic E-state index is 0.0934. The third-order valence-electron chi connectivity index (χ3n) is 3.68. The van der Waals surface area contributed by atoms with Gasteiger partial charge in [-0.3, -0.25) is 4.79 Å². The fraction of sp³-hybridized carbons (Fsp3) is 0.167. The van der Waals surface area contributed by atoms with Crippen LogP contribution in [0.3, 0.4) is 0 Å². The van der Waals surface area contributed by atoms with Gasteiger partial charge in [-0.15, -0.1) is 0 Å². The predicted octanol–water partition coefficient (Wildman–Crippen LogP) is 3.00. The van der Waals surface area contributed by atoms with Crippen molar-refractivity contribution in [3.05, 3.63) is 64.0 Å². The maximum absolute atomic E-state index is 12.2. The highest BCUT2D eigenvalue weighted by Gasteiger charge is 2.10. The van der Waals surface area contributed by atoms with Crippen LogP contribution in [0.15, 0.2) is 51.7 Å². The van der Waals surface area contributed by atoms with E-state index in [-0.39, 0.29) is 22.7 Å². The van der Waals surface area contributed by atoms with Gasteiger partial charge in [0.2, 0.25) is 0 Å². The van der Waals surface area contributed by atoms with Crippen molar-refractivity contribution < 1.29 is 19.4 Å². The van der Waals surface area contributed by atoms with Gasteiger partial charge in [-0.25, -0.2) is 0 Å². The summed E-state index contributed by atoms with van der Waals surface area (Å²) in [5, 5.41) is 19.3. The number of ether oxygens (including phenoxy) is 1. The molecule has 0 radical (unpaired) electrons. The highest BCUT2D eigenvalue weighted by atomic mass is 16.5. The number of aromatic hydroxyl groups is 2. The minimum Gasteiger partial charge on any atom is -0.508 e. The summed E-state index contributed by atoms with van der Waals surface area (Å²) in [4.78, 5) is 12.2. The van der Waals surface area contributed by atoms with Gasteiger partial charge in [0.05, 0.1) is 12.5 Å². The van der Waals surface area contributed by atoms with Gasteiger partial charge in [0.15, 0.2) is 16.9 Å². The Kier molecular flexibility index (Phi) is 3.93. The average molecular weight is 312 g/mol. The van der Waals surface area contributed by atoms with E-state index in [1.165, 1.54) is 25.3 Å². The van der Waals surface area contributed by atoms with Gasteiger partial charge in [0.25, 0.3) is 0 Å². The molecule has 0 atom stereocenters. The fourth-order valence-electron chi connectivity index (χ4n) is 2.44. The molecule has 23 heavy (non-hydrogen) atoms. The lowest BCUT2D eigenvalue weighted by molar-refractivity contribution is 0.373. The second-order valence-corrected chi connectivity index (χ2v) is 5.26. The molecule has 0 aliphatic heterocycles. The van der Waals surface area contributed by atoms with Crippen LogP contribution in [0, 0.1) is 0 Å². The molecular weight excluding hydrogens is 296 g/mol. The minimum atomic E-state index is -0.204. The fourth-order valence-corrected chi connectivity index (χ4v) is 2.44. The Hall–Kier alpha value is -2.95. The van der Waals surface area contributed by atoms with Crippen LogP contribution in [0.4, 0.5) is 0 Å². The number of phenolic OH excluding ortho intramolecular Hbond substituents is 2. The Balaban J connectivity index is 1.90. The van der Waals surface area contributed by atoms with Crippen LogP contribution in [0.1, 0.15) is 11.3 Å². The Morgan fingerprint density at radius 2 is 1.78 bits per heavy atom. The van der Waals surface area contributed by atoms with E-state index in [1.807, 2.05) is 12.1 Å². The average Bonchev–Trinajstić information content (AvgIpc) is 2.54. The molecule has 0 saturated heterocycles. The Bertz CT molecular complexity index is 894. The third kappa shape index (κ3) is 3.13. The smallest absolute Gasteiger partial charge is 0.193 e. The normalized spacial score (nSPS) is 10.8. The predicted molar refractivity (Wildman–Crippen MR) is 86.2 cm³/mol. The Morgan fingerprint density at radius 1 is 1.04 bits per heavy atom. The van der Waals surface area contributed by atoms with E-state index in [0.29, 0.717) is 29.6 Å². The summed E-state index contributed by atoms with van der Waals surface area (Å²) in [6.07, 6.45) is 1.24. The lowest BCUT2D eigenvalue weighted by Gasteiger charge is -2.07. The summed E-state index contributed by atoms with van der Waals surface area (Å²) in [6.45, 7) is 0. The molecule has 0 aliphatic rings. The Labute approximate surface area is 132 Å². The lowest BCUT2D eigenvalue weighted by Crippen LogP contribution is -2.03. The molecule has 0 saturated carbocycles. The molecule has 118 valence electrons. The van der Waals surface area contributed by atoms with E-state index in [9.17, 15) is 15.0 Å². The summed E-state index contributed by atoms with van der Waals surface area (Å²) in [6, 6.07) is 11.2. The second-order valence-electron chi connectivity index (χ2n) is 5.26. The van der Waals surface area contributed by atoms with Crippen LogP contribution in [0.2, 0.25) is 0 Å². The van der Waals surface area contributed by atoms with Crippen molar-refractivity contribution in [2.75, 3.05) is 7.11 Å². The number of rotatable bonds is 4. The van der Waals surface area contributed by atoms with Crippen LogP contribution in [0.5, 0.6) is 17.2 Å². The number of hydrogen-bond donors (Lipinski definition) is 2. The molecule has 3 rings (SSSR count). The first-order chi connectivity index (χ1) is 11.1. The van der Waals surface area contributed by atoms with Gasteiger partial charge < -0.3 is 19.4 Å². The van der Waals surface area contributed by atoms with Crippen LogP contribution in [-0.4, -0.2) is 17.3 Å². The van der Waals surface area contributed by atoms with Crippen molar-refractivity contribution in [1.29, 1.82) is 0 Å². The number of fused-ring (bicyclic) bond motifs is 1. The molecule has 1 aromatic heterocycles. The third-order valence-corrected chi connectivity index (χ3v) is 3.68. The molecule has 0 amide bonds. The molecule has 2 N–H and O–H groups in total. The summed E-state index contributed by atoms with van der Waals surface area (Å²) in [5.74, 6) is 0.946. The van der Waals surface area contributed by atoms with E-state index in [4.69, 9.17) is 9.15 Å². The zero-order chi connectivity index (χ0) is 16.4. The van der Waals surface area contributed by atoms with Crippen LogP contribution in [-0.2, 0) is 12.8 Å². The number of hydrogen-bond acceptors (Lipinski definition) is 5. The van der Waals surface area contributed by atoms with E-state index in [1.54, 1.807) is 12.1 Å². The van der Waals surface area contributed by atoms with Gasteiger partial charge in [-0.1, -0.05) is 12.1 Å². The molecule has 3 aromatic rings. The largest absolute Gasteiger partial charge is 0.508 e. The van der Waals surface area contributed by atoms with E-state index < -0.39 is 0 Å². The van der Waals surface area contributed by atoms with Crippen molar-refractivity contribution in [1.82, 2.24) is 0 Å². The quantitative estimate of drug-likeness (QED) is 0.774. The van der Waals surface area contributed by atoms with Gasteiger partial charge >= 0.3 is 0 Å². The molecule has 2 aromatic carbocycles. The SMILES string of the molecule is COc1cc2oc(CCc3ccc(O)cc3)cc(=O)c2cc1O. The summed E-state index contributed by atoms with van der Waals surface area (Å²) < 4.78 is 10.8. The number of aryl methyl sites for hydroxylation is 2. The number of benzene rings is 2. The summed E-state index contributed by atoms with van der Waals surface area (Å²) in [5.41, 5.74) is 1.21. The first kappa shape index (κ1) is 15.0. The highest BCUT2D eigenvalue weighted by molar-refractivity contribution is 5.80. The molecule has 0 aliphatic carbocycles. The molecule has 1 heterocycles. The van der Waals surface area contributed by atoms with Crippen molar-refractivity contribution in [3.8, 4) is 17.2 Å². The maximum atomic E-state index is 12.2. The molecular formula is C18H16O5. The summed E-state index contributed by atoms with van der Waals surface area (Å²) in [7, 11) is 1.44. The molecule has 0 fully saturated rings. The van der Waals surface area contributed by atoms with E-state index in [0.717, 1.165) is 5.56 Å². The molecule has 0 bridgehead atoms. The van der Waals surface area contributed by atoms with Crippen molar-refractivity contribution in [2.24, 2.45) is 0 Å². The van der Waals surface area contributed by atoms with Gasteiger partial charge in [0, 0.05) is 18.6 Å². The van der Waals surface area contributed by atoms with E-state index in [2.05, 4.69) is 0 Å².